The van der Waals surface area contributed by atoms with Crippen LogP contribution in [0, 0.1) is 0 Å². The molecule has 0 amide bonds. The summed E-state index contributed by atoms with van der Waals surface area (Å²) >= 11 is 0. The number of H-pyrrole nitrogens is 1. The Labute approximate surface area is 96.8 Å². The summed E-state index contributed by atoms with van der Waals surface area (Å²) in [7, 11) is 0. The largest absolute Gasteiger partial charge is 0.329 e. The molecule has 2 heterocycles. The minimum absolute atomic E-state index is 0.0951. The normalized spacial score (nSPS) is 14.8. The number of rotatable bonds is 2. The van der Waals surface area contributed by atoms with Gasteiger partial charge in [0.15, 0.2) is 0 Å². The highest BCUT2D eigenvalue weighted by Crippen LogP contribution is 2.32. The Kier molecular flexibility index (Phi) is 2.18. The van der Waals surface area contributed by atoms with E-state index < -0.39 is 0 Å². The van der Waals surface area contributed by atoms with Gasteiger partial charge in [-0.15, -0.1) is 0 Å². The number of hydrogen-bond acceptors (Lipinski definition) is 3. The maximum Gasteiger partial charge on any atom is 0.329 e. The van der Waals surface area contributed by atoms with Gasteiger partial charge in [-0.05, 0) is 25.0 Å². The van der Waals surface area contributed by atoms with E-state index in [2.05, 4.69) is 9.97 Å². The second-order valence-corrected chi connectivity index (χ2v) is 4.16. The van der Waals surface area contributed by atoms with Crippen molar-refractivity contribution in [2.75, 3.05) is 0 Å². The second kappa shape index (κ2) is 3.69. The van der Waals surface area contributed by atoms with Crippen LogP contribution in [-0.2, 0) is 0 Å². The molecule has 0 aliphatic heterocycles. The molecule has 0 unspecified atom stereocenters. The van der Waals surface area contributed by atoms with E-state index in [-0.39, 0.29) is 17.3 Å². The lowest BCUT2D eigenvalue weighted by Crippen LogP contribution is -2.34. The van der Waals surface area contributed by atoms with E-state index in [1.807, 2.05) is 0 Å². The van der Waals surface area contributed by atoms with Crippen molar-refractivity contribution >= 4 is 0 Å². The molecular formula is C12H11N3O2. The topological polar surface area (TPSA) is 67.8 Å². The maximum atomic E-state index is 11.8. The molecule has 2 aromatic heterocycles. The molecule has 1 aliphatic rings. The first kappa shape index (κ1) is 10.0. The summed E-state index contributed by atoms with van der Waals surface area (Å²) in [6.45, 7) is 0. The van der Waals surface area contributed by atoms with Crippen molar-refractivity contribution in [1.82, 2.24) is 14.5 Å². The third-order valence-electron chi connectivity index (χ3n) is 2.87. The molecule has 17 heavy (non-hydrogen) atoms. The van der Waals surface area contributed by atoms with Crippen molar-refractivity contribution in [3.63, 3.8) is 0 Å². The molecule has 5 nitrogen and oxygen atoms in total. The summed E-state index contributed by atoms with van der Waals surface area (Å²) < 4.78 is 1.30. The minimum Gasteiger partial charge on any atom is -0.307 e. The Morgan fingerprint density at radius 3 is 2.53 bits per heavy atom. The first-order valence-electron chi connectivity index (χ1n) is 5.52. The van der Waals surface area contributed by atoms with Gasteiger partial charge < -0.3 is 4.98 Å². The van der Waals surface area contributed by atoms with Gasteiger partial charge in [-0.25, -0.2) is 4.79 Å². The van der Waals surface area contributed by atoms with Gasteiger partial charge in [0.25, 0.3) is 5.56 Å². The van der Waals surface area contributed by atoms with Crippen LogP contribution >= 0.6 is 0 Å². The first-order valence-corrected chi connectivity index (χ1v) is 5.52. The van der Waals surface area contributed by atoms with Crippen molar-refractivity contribution in [1.29, 1.82) is 0 Å². The van der Waals surface area contributed by atoms with Crippen LogP contribution in [0.5, 0.6) is 0 Å². The van der Waals surface area contributed by atoms with Crippen LogP contribution in [-0.4, -0.2) is 14.5 Å². The number of nitrogens with one attached hydrogen (secondary N) is 1. The molecule has 86 valence electrons. The fourth-order valence-corrected chi connectivity index (χ4v) is 1.87. The molecule has 1 N–H and O–H groups in total. The SMILES string of the molecule is O=c1cc(-c2ccncc2)[nH]c(=O)n1C1CC1. The number of nitrogens with zero attached hydrogens (tertiary/aromatic N) is 2. The van der Waals surface area contributed by atoms with Gasteiger partial charge in [-0.1, -0.05) is 0 Å². The van der Waals surface area contributed by atoms with Crippen LogP contribution in [0.1, 0.15) is 18.9 Å². The Morgan fingerprint density at radius 1 is 1.24 bits per heavy atom. The average molecular weight is 229 g/mol. The van der Waals surface area contributed by atoms with E-state index in [1.165, 1.54) is 10.6 Å². The Bertz CT molecular complexity index is 622. The van der Waals surface area contributed by atoms with Crippen LogP contribution < -0.4 is 11.2 Å². The third kappa shape index (κ3) is 1.80. The van der Waals surface area contributed by atoms with Crippen LogP contribution in [0.15, 0.2) is 40.2 Å². The Hall–Kier alpha value is -2.17. The van der Waals surface area contributed by atoms with Gasteiger partial charge in [0, 0.05) is 30.1 Å². The van der Waals surface area contributed by atoms with Crippen molar-refractivity contribution in [2.45, 2.75) is 18.9 Å². The maximum absolute atomic E-state index is 11.8. The summed E-state index contributed by atoms with van der Waals surface area (Å²) in [4.78, 5) is 30.3. The predicted octanol–water partition coefficient (Wildman–Crippen LogP) is 0.933. The van der Waals surface area contributed by atoms with Gasteiger partial charge >= 0.3 is 5.69 Å². The zero-order valence-electron chi connectivity index (χ0n) is 9.09. The minimum atomic E-state index is -0.327. The van der Waals surface area contributed by atoms with E-state index in [0.29, 0.717) is 5.69 Å². The highest BCUT2D eigenvalue weighted by atomic mass is 16.2. The lowest BCUT2D eigenvalue weighted by atomic mass is 10.2. The molecule has 0 saturated heterocycles. The molecule has 0 spiro atoms. The molecule has 1 fully saturated rings. The summed E-state index contributed by atoms with van der Waals surface area (Å²) in [5, 5.41) is 0. The fraction of sp³-hybridized carbons (Fsp3) is 0.250. The van der Waals surface area contributed by atoms with Crippen LogP contribution in [0.25, 0.3) is 11.3 Å². The number of aromatic nitrogens is 3. The summed E-state index contributed by atoms with van der Waals surface area (Å²) in [6, 6.07) is 5.07. The Balaban J connectivity index is 2.15. The quantitative estimate of drug-likeness (QED) is 0.833. The van der Waals surface area contributed by atoms with Gasteiger partial charge in [0.05, 0.1) is 5.69 Å². The van der Waals surface area contributed by atoms with Crippen molar-refractivity contribution < 1.29 is 0 Å². The summed E-state index contributed by atoms with van der Waals surface area (Å²) in [5.74, 6) is 0. The van der Waals surface area contributed by atoms with Gasteiger partial charge in [-0.2, -0.15) is 0 Å². The van der Waals surface area contributed by atoms with E-state index in [1.54, 1.807) is 24.5 Å². The molecule has 1 aliphatic carbocycles. The van der Waals surface area contributed by atoms with E-state index in [9.17, 15) is 9.59 Å². The van der Waals surface area contributed by atoms with E-state index in [4.69, 9.17) is 0 Å². The van der Waals surface area contributed by atoms with Crippen LogP contribution in [0.2, 0.25) is 0 Å². The van der Waals surface area contributed by atoms with Crippen LogP contribution in [0.4, 0.5) is 0 Å². The molecule has 3 rings (SSSR count). The molecule has 5 heteroatoms. The monoisotopic (exact) mass is 229 g/mol. The van der Waals surface area contributed by atoms with Crippen molar-refractivity contribution in [2.24, 2.45) is 0 Å². The molecular weight excluding hydrogens is 218 g/mol. The smallest absolute Gasteiger partial charge is 0.307 e. The highest BCUT2D eigenvalue weighted by molar-refractivity contribution is 5.57. The van der Waals surface area contributed by atoms with Crippen LogP contribution in [0.3, 0.4) is 0 Å². The summed E-state index contributed by atoms with van der Waals surface area (Å²) in [5.41, 5.74) is 0.770. The zero-order chi connectivity index (χ0) is 11.8. The van der Waals surface area contributed by atoms with Gasteiger partial charge in [0.2, 0.25) is 0 Å². The molecule has 2 aromatic rings. The highest BCUT2D eigenvalue weighted by Gasteiger charge is 2.26. The molecule has 0 radical (unpaired) electrons. The Morgan fingerprint density at radius 2 is 1.94 bits per heavy atom. The standard InChI is InChI=1S/C12H11N3O2/c16-11-7-10(8-3-5-13-6-4-8)14-12(17)15(11)9-1-2-9/h3-7,9H,1-2H2,(H,14,17). The third-order valence-corrected chi connectivity index (χ3v) is 2.87. The lowest BCUT2D eigenvalue weighted by molar-refractivity contribution is 0.656. The number of aromatic amines is 1. The molecule has 0 aromatic carbocycles. The first-order chi connectivity index (χ1) is 8.25. The molecule has 1 saturated carbocycles. The van der Waals surface area contributed by atoms with Crippen molar-refractivity contribution in [3.05, 3.63) is 51.4 Å². The van der Waals surface area contributed by atoms with Crippen molar-refractivity contribution in [3.8, 4) is 11.3 Å². The predicted molar refractivity (Wildman–Crippen MR) is 62.8 cm³/mol. The molecule has 0 atom stereocenters. The molecule has 0 bridgehead atoms. The van der Waals surface area contributed by atoms with Gasteiger partial charge in [0.1, 0.15) is 0 Å². The van der Waals surface area contributed by atoms with Gasteiger partial charge in [-0.3, -0.25) is 14.3 Å². The second-order valence-electron chi connectivity index (χ2n) is 4.16. The number of hydrogen-bond donors (Lipinski definition) is 1. The lowest BCUT2D eigenvalue weighted by Gasteiger charge is -2.04. The summed E-state index contributed by atoms with van der Waals surface area (Å²) in [6.07, 6.45) is 5.08. The number of pyridine rings is 1. The fourth-order valence-electron chi connectivity index (χ4n) is 1.87. The van der Waals surface area contributed by atoms with E-state index in [0.717, 1.165) is 18.4 Å². The zero-order valence-corrected chi connectivity index (χ0v) is 9.09. The average Bonchev–Trinajstić information content (AvgIpc) is 3.14. The van der Waals surface area contributed by atoms with E-state index >= 15 is 0 Å².